The summed E-state index contributed by atoms with van der Waals surface area (Å²) in [5, 5.41) is 1.74. The summed E-state index contributed by atoms with van der Waals surface area (Å²) in [6.45, 7) is 5.43. The summed E-state index contributed by atoms with van der Waals surface area (Å²) in [6, 6.07) is 0. The van der Waals surface area contributed by atoms with Gasteiger partial charge in [0.15, 0.2) is 0 Å². The van der Waals surface area contributed by atoms with Gasteiger partial charge in [0.05, 0.1) is 7.11 Å². The molecule has 14 heavy (non-hydrogen) atoms. The third kappa shape index (κ3) is 4.46. The highest BCUT2D eigenvalue weighted by molar-refractivity contribution is 6.30. The maximum atomic E-state index is 11.4. The average Bonchev–Trinajstić information content (AvgIpc) is 2.10. The van der Waals surface area contributed by atoms with Crippen molar-refractivity contribution in [2.75, 3.05) is 13.7 Å². The topological polar surface area (TPSA) is 55.4 Å². The minimum absolute atomic E-state index is 0.0876. The van der Waals surface area contributed by atoms with E-state index in [2.05, 4.69) is 10.1 Å². The molecule has 4 nitrogen and oxygen atoms in total. The highest BCUT2D eigenvalue weighted by Gasteiger charge is 2.23. The SMILES string of the molecule is COC(=O)C(Cl)CNC(=O)C(C)(C)C. The van der Waals surface area contributed by atoms with Crippen molar-refractivity contribution in [1.82, 2.24) is 5.32 Å². The van der Waals surface area contributed by atoms with Gasteiger partial charge in [-0.1, -0.05) is 20.8 Å². The van der Waals surface area contributed by atoms with E-state index < -0.39 is 16.8 Å². The van der Waals surface area contributed by atoms with Crippen molar-refractivity contribution < 1.29 is 14.3 Å². The van der Waals surface area contributed by atoms with Crippen molar-refractivity contribution in [3.8, 4) is 0 Å². The lowest BCUT2D eigenvalue weighted by Crippen LogP contribution is -2.40. The molecular weight excluding hydrogens is 206 g/mol. The fourth-order valence-electron chi connectivity index (χ4n) is 0.659. The monoisotopic (exact) mass is 221 g/mol. The van der Waals surface area contributed by atoms with Gasteiger partial charge in [-0.2, -0.15) is 0 Å². The van der Waals surface area contributed by atoms with Crippen LogP contribution in [-0.2, 0) is 14.3 Å². The zero-order valence-electron chi connectivity index (χ0n) is 8.89. The van der Waals surface area contributed by atoms with Gasteiger partial charge in [0.1, 0.15) is 5.38 Å². The predicted molar refractivity (Wildman–Crippen MR) is 54.1 cm³/mol. The summed E-state index contributed by atoms with van der Waals surface area (Å²) < 4.78 is 4.41. The molecule has 0 spiro atoms. The minimum Gasteiger partial charge on any atom is -0.468 e. The number of hydrogen-bond donors (Lipinski definition) is 1. The summed E-state index contributed by atoms with van der Waals surface area (Å²) in [7, 11) is 1.25. The van der Waals surface area contributed by atoms with Gasteiger partial charge in [-0.3, -0.25) is 9.59 Å². The molecule has 0 radical (unpaired) electrons. The Morgan fingerprint density at radius 2 is 1.93 bits per heavy atom. The Labute approximate surface area is 88.9 Å². The number of hydrogen-bond acceptors (Lipinski definition) is 3. The zero-order valence-corrected chi connectivity index (χ0v) is 9.64. The Morgan fingerprint density at radius 3 is 2.29 bits per heavy atom. The van der Waals surface area contributed by atoms with Crippen molar-refractivity contribution >= 4 is 23.5 Å². The molecule has 1 N–H and O–H groups in total. The molecule has 5 heteroatoms. The third-order valence-electron chi connectivity index (χ3n) is 1.58. The van der Waals surface area contributed by atoms with Crippen LogP contribution in [0.4, 0.5) is 0 Å². The molecule has 0 rings (SSSR count). The van der Waals surface area contributed by atoms with E-state index in [1.807, 2.05) is 0 Å². The Morgan fingerprint density at radius 1 is 1.43 bits per heavy atom. The summed E-state index contributed by atoms with van der Waals surface area (Å²) in [4.78, 5) is 22.2. The summed E-state index contributed by atoms with van der Waals surface area (Å²) in [5.41, 5.74) is -0.479. The second kappa shape index (κ2) is 5.20. The number of esters is 1. The summed E-state index contributed by atoms with van der Waals surface area (Å²) in [6.07, 6.45) is 0. The van der Waals surface area contributed by atoms with Crippen LogP contribution >= 0.6 is 11.6 Å². The van der Waals surface area contributed by atoms with Crippen molar-refractivity contribution in [3.63, 3.8) is 0 Å². The smallest absolute Gasteiger partial charge is 0.325 e. The molecule has 1 atom stereocenters. The molecule has 0 fully saturated rings. The fourth-order valence-corrected chi connectivity index (χ4v) is 0.825. The number of ether oxygens (including phenoxy) is 1. The van der Waals surface area contributed by atoms with E-state index in [1.54, 1.807) is 20.8 Å². The van der Waals surface area contributed by atoms with Gasteiger partial charge in [0.25, 0.3) is 0 Å². The first-order chi connectivity index (χ1) is 6.29. The number of nitrogens with one attached hydrogen (secondary N) is 1. The zero-order chi connectivity index (χ0) is 11.4. The largest absolute Gasteiger partial charge is 0.468 e. The number of halogens is 1. The van der Waals surface area contributed by atoms with Gasteiger partial charge in [-0.15, -0.1) is 11.6 Å². The normalized spacial score (nSPS) is 13.2. The Hall–Kier alpha value is -0.770. The Bertz CT molecular complexity index is 223. The van der Waals surface area contributed by atoms with Crippen molar-refractivity contribution in [2.45, 2.75) is 26.1 Å². The summed E-state index contributed by atoms with van der Waals surface area (Å²) in [5.74, 6) is -0.687. The van der Waals surface area contributed by atoms with E-state index in [4.69, 9.17) is 11.6 Å². The van der Waals surface area contributed by atoms with E-state index in [-0.39, 0.29) is 12.5 Å². The maximum Gasteiger partial charge on any atom is 0.325 e. The van der Waals surface area contributed by atoms with Crippen LogP contribution in [-0.4, -0.2) is 30.9 Å². The third-order valence-corrected chi connectivity index (χ3v) is 1.91. The Kier molecular flexibility index (Phi) is 4.91. The van der Waals surface area contributed by atoms with Crippen LogP contribution in [0, 0.1) is 5.41 Å². The molecule has 0 aromatic heterocycles. The molecule has 0 aliphatic heterocycles. The van der Waals surface area contributed by atoms with Gasteiger partial charge in [0.2, 0.25) is 5.91 Å². The first-order valence-electron chi connectivity index (χ1n) is 4.29. The van der Waals surface area contributed by atoms with Crippen molar-refractivity contribution in [3.05, 3.63) is 0 Å². The highest BCUT2D eigenvalue weighted by Crippen LogP contribution is 2.12. The first kappa shape index (κ1) is 13.2. The molecule has 82 valence electrons. The van der Waals surface area contributed by atoms with E-state index in [9.17, 15) is 9.59 Å². The predicted octanol–water partition coefficient (Wildman–Crippen LogP) is 0.929. The van der Waals surface area contributed by atoms with Crippen LogP contribution in [0.15, 0.2) is 0 Å². The standard InChI is InChI=1S/C9H16ClNO3/c1-9(2,3)8(13)11-5-6(10)7(12)14-4/h6H,5H2,1-4H3,(H,11,13). The molecule has 0 saturated carbocycles. The van der Waals surface area contributed by atoms with Crippen LogP contribution in [0.25, 0.3) is 0 Å². The second-order valence-electron chi connectivity index (χ2n) is 3.95. The molecule has 0 aliphatic carbocycles. The first-order valence-corrected chi connectivity index (χ1v) is 4.73. The van der Waals surface area contributed by atoms with E-state index in [0.29, 0.717) is 0 Å². The highest BCUT2D eigenvalue weighted by atomic mass is 35.5. The number of carbonyl (C=O) groups is 2. The molecule has 0 aliphatic rings. The molecule has 0 aromatic rings. The fraction of sp³-hybridized carbons (Fsp3) is 0.778. The number of amides is 1. The second-order valence-corrected chi connectivity index (χ2v) is 4.48. The molecule has 0 bridgehead atoms. The lowest BCUT2D eigenvalue weighted by atomic mass is 9.96. The van der Waals surface area contributed by atoms with Gasteiger partial charge in [0, 0.05) is 12.0 Å². The van der Waals surface area contributed by atoms with Crippen LogP contribution in [0.5, 0.6) is 0 Å². The number of carbonyl (C=O) groups excluding carboxylic acids is 2. The molecule has 0 aromatic carbocycles. The quantitative estimate of drug-likeness (QED) is 0.570. The average molecular weight is 222 g/mol. The van der Waals surface area contributed by atoms with Crippen LogP contribution in [0.1, 0.15) is 20.8 Å². The van der Waals surface area contributed by atoms with Crippen molar-refractivity contribution in [2.24, 2.45) is 5.41 Å². The number of methoxy groups -OCH3 is 1. The molecular formula is C9H16ClNO3. The van der Waals surface area contributed by atoms with Crippen molar-refractivity contribution in [1.29, 1.82) is 0 Å². The minimum atomic E-state index is -0.828. The van der Waals surface area contributed by atoms with E-state index >= 15 is 0 Å². The Balaban J connectivity index is 3.96. The van der Waals surface area contributed by atoms with Crippen LogP contribution in [0.2, 0.25) is 0 Å². The lowest BCUT2D eigenvalue weighted by Gasteiger charge is -2.18. The van der Waals surface area contributed by atoms with Crippen LogP contribution < -0.4 is 5.32 Å². The van der Waals surface area contributed by atoms with Gasteiger partial charge < -0.3 is 10.1 Å². The van der Waals surface area contributed by atoms with Gasteiger partial charge in [-0.05, 0) is 0 Å². The van der Waals surface area contributed by atoms with Gasteiger partial charge >= 0.3 is 5.97 Å². The maximum absolute atomic E-state index is 11.4. The van der Waals surface area contributed by atoms with Crippen LogP contribution in [0.3, 0.4) is 0 Å². The van der Waals surface area contributed by atoms with Gasteiger partial charge in [-0.25, -0.2) is 0 Å². The number of rotatable bonds is 3. The summed E-state index contributed by atoms with van der Waals surface area (Å²) >= 11 is 5.64. The van der Waals surface area contributed by atoms with E-state index in [1.165, 1.54) is 7.11 Å². The lowest BCUT2D eigenvalue weighted by molar-refractivity contribution is -0.140. The molecule has 0 heterocycles. The number of alkyl halides is 1. The van der Waals surface area contributed by atoms with E-state index in [0.717, 1.165) is 0 Å². The molecule has 1 amide bonds. The molecule has 0 saturated heterocycles. The molecule has 1 unspecified atom stereocenters.